The van der Waals surface area contributed by atoms with Crippen LogP contribution in [0.5, 0.6) is 0 Å². The van der Waals surface area contributed by atoms with Gasteiger partial charge in [0, 0.05) is 22.8 Å². The molecule has 4 nitrogen and oxygen atoms in total. The Labute approximate surface area is 126 Å². The van der Waals surface area contributed by atoms with Gasteiger partial charge >= 0.3 is 0 Å². The van der Waals surface area contributed by atoms with Crippen LogP contribution < -0.4 is 10.6 Å². The summed E-state index contributed by atoms with van der Waals surface area (Å²) in [6, 6.07) is 9.26. The van der Waals surface area contributed by atoms with Crippen molar-refractivity contribution in [3.05, 3.63) is 52.1 Å². The molecule has 2 N–H and O–H groups in total. The molecule has 2 aromatic rings. The Hall–Kier alpha value is -1.88. The van der Waals surface area contributed by atoms with Crippen molar-refractivity contribution in [1.82, 2.24) is 4.98 Å². The van der Waals surface area contributed by atoms with Crippen molar-refractivity contribution in [2.75, 3.05) is 17.2 Å². The molecule has 1 heterocycles. The molecule has 5 heteroatoms. The number of amides is 1. The Morgan fingerprint density at radius 1 is 1.30 bits per heavy atom. The van der Waals surface area contributed by atoms with Gasteiger partial charge in [-0.15, -0.1) is 0 Å². The van der Waals surface area contributed by atoms with Crippen molar-refractivity contribution in [1.29, 1.82) is 0 Å². The molecule has 0 radical (unpaired) electrons. The molecule has 0 fully saturated rings. The van der Waals surface area contributed by atoms with Gasteiger partial charge in [-0.05, 0) is 59.6 Å². The van der Waals surface area contributed by atoms with E-state index in [-0.39, 0.29) is 5.91 Å². The predicted molar refractivity (Wildman–Crippen MR) is 85.2 cm³/mol. The van der Waals surface area contributed by atoms with Crippen LogP contribution in [0.2, 0.25) is 0 Å². The Kier molecular flexibility index (Phi) is 4.74. The lowest BCUT2D eigenvalue weighted by Crippen LogP contribution is -2.13. The maximum absolute atomic E-state index is 12.2. The van der Waals surface area contributed by atoms with Crippen LogP contribution in [0, 0.1) is 6.92 Å². The van der Waals surface area contributed by atoms with Gasteiger partial charge in [-0.25, -0.2) is 4.98 Å². The third-order valence-corrected chi connectivity index (χ3v) is 3.44. The summed E-state index contributed by atoms with van der Waals surface area (Å²) < 4.78 is 0.859. The van der Waals surface area contributed by atoms with E-state index in [1.54, 1.807) is 18.3 Å². The van der Waals surface area contributed by atoms with Gasteiger partial charge in [-0.1, -0.05) is 6.07 Å². The van der Waals surface area contributed by atoms with Gasteiger partial charge in [-0.3, -0.25) is 4.79 Å². The summed E-state index contributed by atoms with van der Waals surface area (Å²) in [6.07, 6.45) is 1.62. The summed E-state index contributed by atoms with van der Waals surface area (Å²) >= 11 is 3.43. The van der Waals surface area contributed by atoms with Crippen LogP contribution in [0.4, 0.5) is 11.5 Å². The zero-order valence-corrected chi connectivity index (χ0v) is 13.0. The second-order valence-electron chi connectivity index (χ2n) is 4.40. The molecule has 1 aromatic heterocycles. The summed E-state index contributed by atoms with van der Waals surface area (Å²) in [5, 5.41) is 5.98. The van der Waals surface area contributed by atoms with Gasteiger partial charge in [0.2, 0.25) is 0 Å². The topological polar surface area (TPSA) is 54.0 Å². The van der Waals surface area contributed by atoms with Gasteiger partial charge in [0.05, 0.1) is 5.69 Å². The average Bonchev–Trinajstić information content (AvgIpc) is 2.43. The number of carbonyl (C=O) groups excluding carboxylic acids is 1. The third kappa shape index (κ3) is 3.57. The highest BCUT2D eigenvalue weighted by Gasteiger charge is 2.09. The number of rotatable bonds is 4. The number of nitrogens with zero attached hydrogens (tertiary/aromatic N) is 1. The van der Waals surface area contributed by atoms with Crippen LogP contribution in [0.3, 0.4) is 0 Å². The van der Waals surface area contributed by atoms with E-state index in [1.807, 2.05) is 32.0 Å². The first kappa shape index (κ1) is 14.5. The maximum atomic E-state index is 12.2. The maximum Gasteiger partial charge on any atom is 0.255 e. The van der Waals surface area contributed by atoms with Gasteiger partial charge in [0.1, 0.15) is 5.82 Å². The minimum atomic E-state index is -0.155. The average molecular weight is 334 g/mol. The monoisotopic (exact) mass is 333 g/mol. The molecule has 20 heavy (non-hydrogen) atoms. The lowest BCUT2D eigenvalue weighted by Gasteiger charge is -2.09. The van der Waals surface area contributed by atoms with E-state index in [9.17, 15) is 4.79 Å². The highest BCUT2D eigenvalue weighted by atomic mass is 79.9. The molecule has 0 aliphatic carbocycles. The quantitative estimate of drug-likeness (QED) is 0.893. The highest BCUT2D eigenvalue weighted by molar-refractivity contribution is 9.10. The van der Waals surface area contributed by atoms with Crippen molar-refractivity contribution >= 4 is 33.3 Å². The molecule has 0 spiro atoms. The number of aryl methyl sites for hydroxylation is 1. The summed E-state index contributed by atoms with van der Waals surface area (Å²) in [6.45, 7) is 4.73. The fourth-order valence-corrected chi connectivity index (χ4v) is 2.12. The van der Waals surface area contributed by atoms with Crippen molar-refractivity contribution < 1.29 is 4.79 Å². The lowest BCUT2D eigenvalue weighted by atomic mass is 10.2. The molecule has 1 aromatic carbocycles. The number of hydrogen-bond donors (Lipinski definition) is 2. The van der Waals surface area contributed by atoms with Gasteiger partial charge < -0.3 is 10.6 Å². The summed E-state index contributed by atoms with van der Waals surface area (Å²) in [5.41, 5.74) is 2.42. The van der Waals surface area contributed by atoms with Crippen LogP contribution in [-0.4, -0.2) is 17.4 Å². The fourth-order valence-electron chi connectivity index (χ4n) is 1.78. The number of benzene rings is 1. The van der Waals surface area contributed by atoms with E-state index >= 15 is 0 Å². The minimum absolute atomic E-state index is 0.155. The van der Waals surface area contributed by atoms with E-state index in [2.05, 4.69) is 31.5 Å². The Balaban J connectivity index is 2.19. The molecule has 0 unspecified atom stereocenters. The van der Waals surface area contributed by atoms with Crippen LogP contribution >= 0.6 is 15.9 Å². The molecule has 0 saturated carbocycles. The third-order valence-electron chi connectivity index (χ3n) is 2.75. The van der Waals surface area contributed by atoms with E-state index < -0.39 is 0 Å². The zero-order valence-electron chi connectivity index (χ0n) is 11.4. The van der Waals surface area contributed by atoms with Crippen molar-refractivity contribution in [2.24, 2.45) is 0 Å². The number of carbonyl (C=O) groups is 1. The standard InChI is InChI=1S/C15H16BrN3O/c1-3-17-14-9-11(6-7-18-14)15(20)19-13-8-10(2)4-5-12(13)16/h4-9H,3H2,1-2H3,(H,17,18)(H,19,20). The Morgan fingerprint density at radius 2 is 2.10 bits per heavy atom. The molecular formula is C15H16BrN3O. The molecule has 1 amide bonds. The zero-order chi connectivity index (χ0) is 14.5. The number of halogens is 1. The van der Waals surface area contributed by atoms with Crippen LogP contribution in [0.25, 0.3) is 0 Å². The minimum Gasteiger partial charge on any atom is -0.370 e. The number of hydrogen-bond acceptors (Lipinski definition) is 3. The largest absolute Gasteiger partial charge is 0.370 e. The van der Waals surface area contributed by atoms with Gasteiger partial charge in [0.25, 0.3) is 5.91 Å². The Bertz CT molecular complexity index is 628. The molecule has 0 aliphatic heterocycles. The first-order valence-corrected chi connectivity index (χ1v) is 7.17. The molecule has 2 rings (SSSR count). The first-order chi connectivity index (χ1) is 9.60. The number of nitrogens with one attached hydrogen (secondary N) is 2. The van der Waals surface area contributed by atoms with Gasteiger partial charge in [-0.2, -0.15) is 0 Å². The predicted octanol–water partition coefficient (Wildman–Crippen LogP) is 3.84. The van der Waals surface area contributed by atoms with Gasteiger partial charge in [0.15, 0.2) is 0 Å². The molecule has 104 valence electrons. The first-order valence-electron chi connectivity index (χ1n) is 6.37. The molecule has 0 bridgehead atoms. The second-order valence-corrected chi connectivity index (χ2v) is 5.25. The molecule has 0 atom stereocenters. The normalized spacial score (nSPS) is 10.2. The molecular weight excluding hydrogens is 318 g/mol. The van der Waals surface area contributed by atoms with Crippen LogP contribution in [-0.2, 0) is 0 Å². The van der Waals surface area contributed by atoms with Crippen molar-refractivity contribution in [3.63, 3.8) is 0 Å². The highest BCUT2D eigenvalue weighted by Crippen LogP contribution is 2.24. The lowest BCUT2D eigenvalue weighted by molar-refractivity contribution is 0.102. The van der Waals surface area contributed by atoms with E-state index in [1.165, 1.54) is 0 Å². The van der Waals surface area contributed by atoms with Crippen molar-refractivity contribution in [2.45, 2.75) is 13.8 Å². The van der Waals surface area contributed by atoms with E-state index in [0.29, 0.717) is 11.4 Å². The molecule has 0 aliphatic rings. The number of aromatic nitrogens is 1. The SMILES string of the molecule is CCNc1cc(C(=O)Nc2cc(C)ccc2Br)ccn1. The second kappa shape index (κ2) is 6.52. The van der Waals surface area contributed by atoms with Crippen molar-refractivity contribution in [3.8, 4) is 0 Å². The summed E-state index contributed by atoms with van der Waals surface area (Å²) in [7, 11) is 0. The van der Waals surface area contributed by atoms with Crippen LogP contribution in [0.15, 0.2) is 41.0 Å². The number of anilines is 2. The van der Waals surface area contributed by atoms with Crippen LogP contribution in [0.1, 0.15) is 22.8 Å². The smallest absolute Gasteiger partial charge is 0.255 e. The summed E-state index contributed by atoms with van der Waals surface area (Å²) in [4.78, 5) is 16.4. The molecule has 0 saturated heterocycles. The fraction of sp³-hybridized carbons (Fsp3) is 0.200. The van der Waals surface area contributed by atoms with E-state index in [4.69, 9.17) is 0 Å². The summed E-state index contributed by atoms with van der Waals surface area (Å²) in [5.74, 6) is 0.543. The van der Waals surface area contributed by atoms with E-state index in [0.717, 1.165) is 22.3 Å². The Morgan fingerprint density at radius 3 is 2.85 bits per heavy atom. The number of pyridine rings is 1.